The molecule has 1 rings (SSSR count). The second kappa shape index (κ2) is 4.13. The molecule has 0 bridgehead atoms. The van der Waals surface area contributed by atoms with E-state index < -0.39 is 5.60 Å². The van der Waals surface area contributed by atoms with Gasteiger partial charge in [0.1, 0.15) is 5.60 Å². The zero-order valence-corrected chi connectivity index (χ0v) is 9.12. The lowest BCUT2D eigenvalue weighted by atomic mass is 9.90. The van der Waals surface area contributed by atoms with Gasteiger partial charge in [0.15, 0.2) is 0 Å². The van der Waals surface area contributed by atoms with Crippen molar-refractivity contribution in [3.05, 3.63) is 12.2 Å². The van der Waals surface area contributed by atoms with Crippen LogP contribution in [0.15, 0.2) is 12.2 Å². The van der Waals surface area contributed by atoms with E-state index in [9.17, 15) is 4.79 Å². The molecule has 2 atom stereocenters. The highest BCUT2D eigenvalue weighted by Crippen LogP contribution is 2.21. The molecular formula is C11H19NO2. The van der Waals surface area contributed by atoms with E-state index >= 15 is 0 Å². The van der Waals surface area contributed by atoms with Crippen molar-refractivity contribution in [3.63, 3.8) is 0 Å². The highest BCUT2D eigenvalue weighted by Gasteiger charge is 2.29. The maximum Gasteiger partial charge on any atom is 0.311 e. The Kier molecular flexibility index (Phi) is 3.32. The molecule has 0 saturated carbocycles. The molecule has 0 saturated heterocycles. The molecule has 0 heterocycles. The number of hydrogen-bond acceptors (Lipinski definition) is 3. The fourth-order valence-corrected chi connectivity index (χ4v) is 1.51. The number of allylic oxidation sites excluding steroid dienone is 1. The Balaban J connectivity index is 2.56. The monoisotopic (exact) mass is 197 g/mol. The Morgan fingerprint density at radius 1 is 1.50 bits per heavy atom. The average molecular weight is 197 g/mol. The van der Waals surface area contributed by atoms with Crippen LogP contribution in [0.2, 0.25) is 0 Å². The van der Waals surface area contributed by atoms with E-state index in [-0.39, 0.29) is 17.9 Å². The van der Waals surface area contributed by atoms with Gasteiger partial charge in [-0.15, -0.1) is 0 Å². The summed E-state index contributed by atoms with van der Waals surface area (Å²) >= 11 is 0. The van der Waals surface area contributed by atoms with Crippen LogP contribution >= 0.6 is 0 Å². The molecule has 0 aromatic rings. The second-order valence-electron chi connectivity index (χ2n) is 4.72. The molecule has 80 valence electrons. The molecule has 14 heavy (non-hydrogen) atoms. The van der Waals surface area contributed by atoms with Crippen LogP contribution in [0, 0.1) is 5.92 Å². The molecule has 0 unspecified atom stereocenters. The third-order valence-corrected chi connectivity index (χ3v) is 2.18. The highest BCUT2D eigenvalue weighted by molar-refractivity contribution is 5.74. The normalized spacial score (nSPS) is 27.4. The zero-order valence-electron chi connectivity index (χ0n) is 9.12. The van der Waals surface area contributed by atoms with E-state index in [1.165, 1.54) is 0 Å². The van der Waals surface area contributed by atoms with Gasteiger partial charge >= 0.3 is 5.97 Å². The molecule has 0 spiro atoms. The highest BCUT2D eigenvalue weighted by atomic mass is 16.6. The van der Waals surface area contributed by atoms with Crippen molar-refractivity contribution in [1.29, 1.82) is 0 Å². The first-order valence-electron chi connectivity index (χ1n) is 5.05. The van der Waals surface area contributed by atoms with Crippen molar-refractivity contribution in [2.24, 2.45) is 11.7 Å². The minimum absolute atomic E-state index is 0.167. The summed E-state index contributed by atoms with van der Waals surface area (Å²) in [6, 6.07) is -0.182. The Hall–Kier alpha value is -0.830. The Morgan fingerprint density at radius 3 is 2.64 bits per heavy atom. The van der Waals surface area contributed by atoms with Crippen LogP contribution in [-0.2, 0) is 9.53 Å². The van der Waals surface area contributed by atoms with Gasteiger partial charge in [0.2, 0.25) is 0 Å². The van der Waals surface area contributed by atoms with Gasteiger partial charge < -0.3 is 10.5 Å². The number of esters is 1. The van der Waals surface area contributed by atoms with Gasteiger partial charge in [-0.05, 0) is 33.6 Å². The largest absolute Gasteiger partial charge is 0.460 e. The van der Waals surface area contributed by atoms with Crippen LogP contribution < -0.4 is 5.73 Å². The van der Waals surface area contributed by atoms with Crippen LogP contribution in [0.1, 0.15) is 33.6 Å². The molecule has 3 heteroatoms. The molecular weight excluding hydrogens is 178 g/mol. The Morgan fingerprint density at radius 2 is 2.14 bits per heavy atom. The van der Waals surface area contributed by atoms with Crippen molar-refractivity contribution in [1.82, 2.24) is 0 Å². The lowest BCUT2D eigenvalue weighted by Gasteiger charge is -2.27. The van der Waals surface area contributed by atoms with Crippen LogP contribution in [0.3, 0.4) is 0 Å². The quantitative estimate of drug-likeness (QED) is 0.513. The summed E-state index contributed by atoms with van der Waals surface area (Å²) in [7, 11) is 0. The molecule has 0 aliphatic heterocycles. The number of rotatable bonds is 1. The predicted molar refractivity (Wildman–Crippen MR) is 55.7 cm³/mol. The van der Waals surface area contributed by atoms with E-state index in [0.29, 0.717) is 0 Å². The van der Waals surface area contributed by atoms with Gasteiger partial charge in [-0.2, -0.15) is 0 Å². The summed E-state index contributed by atoms with van der Waals surface area (Å²) in [6.07, 6.45) is 5.62. The lowest BCUT2D eigenvalue weighted by Crippen LogP contribution is -2.39. The second-order valence-corrected chi connectivity index (χ2v) is 4.72. The van der Waals surface area contributed by atoms with Gasteiger partial charge in [0.05, 0.1) is 5.92 Å². The van der Waals surface area contributed by atoms with Crippen LogP contribution in [0.4, 0.5) is 0 Å². The van der Waals surface area contributed by atoms with E-state index in [1.807, 2.05) is 32.9 Å². The van der Waals surface area contributed by atoms with Crippen molar-refractivity contribution in [2.45, 2.75) is 45.3 Å². The van der Waals surface area contributed by atoms with Gasteiger partial charge in [-0.1, -0.05) is 12.2 Å². The van der Waals surface area contributed by atoms with Gasteiger partial charge in [-0.3, -0.25) is 4.79 Å². The molecule has 3 nitrogen and oxygen atoms in total. The van der Waals surface area contributed by atoms with Crippen molar-refractivity contribution < 1.29 is 9.53 Å². The molecule has 2 N–H and O–H groups in total. The first kappa shape index (κ1) is 11.2. The standard InChI is InChI=1S/C11H19NO2/c1-11(2,3)14-10(13)8-6-4-5-7-9(8)12/h5,7-9H,4,6,12H2,1-3H3/t8-,9+/m1/s1. The van der Waals surface area contributed by atoms with Crippen molar-refractivity contribution >= 4 is 5.97 Å². The van der Waals surface area contributed by atoms with E-state index in [4.69, 9.17) is 10.5 Å². The first-order valence-corrected chi connectivity index (χ1v) is 5.05. The number of hydrogen-bond donors (Lipinski definition) is 1. The van der Waals surface area contributed by atoms with E-state index in [2.05, 4.69) is 0 Å². The van der Waals surface area contributed by atoms with Gasteiger partial charge in [-0.25, -0.2) is 0 Å². The maximum atomic E-state index is 11.7. The molecule has 0 radical (unpaired) electrons. The van der Waals surface area contributed by atoms with E-state index in [0.717, 1.165) is 12.8 Å². The zero-order chi connectivity index (χ0) is 10.8. The summed E-state index contributed by atoms with van der Waals surface area (Å²) in [5.74, 6) is -0.339. The number of nitrogens with two attached hydrogens (primary N) is 1. The molecule has 1 aliphatic rings. The number of carbonyl (C=O) groups is 1. The smallest absolute Gasteiger partial charge is 0.311 e. The van der Waals surface area contributed by atoms with Crippen molar-refractivity contribution in [2.75, 3.05) is 0 Å². The summed E-state index contributed by atoms with van der Waals surface area (Å²) in [6.45, 7) is 5.61. The summed E-state index contributed by atoms with van der Waals surface area (Å²) in [5, 5.41) is 0. The predicted octanol–water partition coefficient (Wildman–Crippen LogP) is 1.62. The van der Waals surface area contributed by atoms with Crippen LogP contribution in [0.5, 0.6) is 0 Å². The maximum absolute atomic E-state index is 11.7. The van der Waals surface area contributed by atoms with Gasteiger partial charge in [0, 0.05) is 6.04 Å². The summed E-state index contributed by atoms with van der Waals surface area (Å²) < 4.78 is 5.29. The van der Waals surface area contributed by atoms with E-state index in [1.54, 1.807) is 0 Å². The molecule has 0 aromatic carbocycles. The van der Waals surface area contributed by atoms with Crippen LogP contribution in [0.25, 0.3) is 0 Å². The fourth-order valence-electron chi connectivity index (χ4n) is 1.51. The topological polar surface area (TPSA) is 52.3 Å². The minimum atomic E-state index is -0.419. The first-order chi connectivity index (χ1) is 6.40. The minimum Gasteiger partial charge on any atom is -0.460 e. The lowest BCUT2D eigenvalue weighted by molar-refractivity contribution is -0.160. The SMILES string of the molecule is CC(C)(C)OC(=O)[C@@H]1CCC=C[C@@H]1N. The van der Waals surface area contributed by atoms with Gasteiger partial charge in [0.25, 0.3) is 0 Å². The Labute approximate surface area is 85.3 Å². The molecule has 0 fully saturated rings. The molecule has 0 amide bonds. The average Bonchev–Trinajstić information content (AvgIpc) is 2.01. The number of ether oxygens (including phenoxy) is 1. The Bertz CT molecular complexity index is 240. The fraction of sp³-hybridized carbons (Fsp3) is 0.727. The molecule has 0 aromatic heterocycles. The van der Waals surface area contributed by atoms with Crippen LogP contribution in [-0.4, -0.2) is 17.6 Å². The summed E-state index contributed by atoms with van der Waals surface area (Å²) in [5.41, 5.74) is 5.39. The third kappa shape index (κ3) is 3.14. The number of carbonyl (C=O) groups excluding carboxylic acids is 1. The summed E-state index contributed by atoms with van der Waals surface area (Å²) in [4.78, 5) is 11.7. The third-order valence-electron chi connectivity index (χ3n) is 2.18. The molecule has 1 aliphatic carbocycles. The van der Waals surface area contributed by atoms with Crippen molar-refractivity contribution in [3.8, 4) is 0 Å².